The average Bonchev–Trinajstić information content (AvgIpc) is 3.08. The molecule has 0 saturated carbocycles. The zero-order valence-corrected chi connectivity index (χ0v) is 19.1. The summed E-state index contributed by atoms with van der Waals surface area (Å²) in [6.07, 6.45) is 3.02. The molecule has 0 atom stereocenters. The van der Waals surface area contributed by atoms with Crippen LogP contribution in [0.2, 0.25) is 5.02 Å². The lowest BCUT2D eigenvalue weighted by Gasteiger charge is -2.14. The molecule has 1 heterocycles. The Morgan fingerprint density at radius 1 is 1.13 bits per heavy atom. The van der Waals surface area contributed by atoms with E-state index in [1.165, 1.54) is 0 Å². The zero-order valence-electron chi connectivity index (χ0n) is 18.4. The summed E-state index contributed by atoms with van der Waals surface area (Å²) in [5.41, 5.74) is 5.23. The van der Waals surface area contributed by atoms with Crippen molar-refractivity contribution in [1.82, 2.24) is 15.1 Å². The van der Waals surface area contributed by atoms with Crippen LogP contribution in [0.15, 0.2) is 53.7 Å². The van der Waals surface area contributed by atoms with Crippen molar-refractivity contribution in [3.63, 3.8) is 0 Å². The van der Waals surface area contributed by atoms with Crippen LogP contribution in [0, 0.1) is 20.8 Å². The van der Waals surface area contributed by atoms with Gasteiger partial charge in [-0.25, -0.2) is 4.99 Å². The Morgan fingerprint density at radius 3 is 2.65 bits per heavy atom. The molecule has 0 aliphatic carbocycles. The smallest absolute Gasteiger partial charge is 0.258 e. The molecule has 0 fully saturated rings. The van der Waals surface area contributed by atoms with E-state index in [9.17, 15) is 4.79 Å². The number of guanidine groups is 1. The molecular formula is C24H28ClN5O. The molecule has 3 rings (SSSR count). The van der Waals surface area contributed by atoms with Gasteiger partial charge in [0.25, 0.3) is 5.91 Å². The predicted molar refractivity (Wildman–Crippen MR) is 127 cm³/mol. The Bertz CT molecular complexity index is 1100. The molecule has 0 unspecified atom stereocenters. The van der Waals surface area contributed by atoms with E-state index in [0.717, 1.165) is 41.0 Å². The number of hydrogen-bond acceptors (Lipinski definition) is 3. The highest BCUT2D eigenvalue weighted by Gasteiger charge is 2.13. The highest BCUT2D eigenvalue weighted by atomic mass is 35.5. The maximum Gasteiger partial charge on any atom is 0.258 e. The van der Waals surface area contributed by atoms with Gasteiger partial charge in [-0.15, -0.1) is 0 Å². The fourth-order valence-electron chi connectivity index (χ4n) is 3.19. The molecule has 0 bridgehead atoms. The molecule has 3 aromatic rings. The number of aryl methyl sites for hydroxylation is 4. The average molecular weight is 438 g/mol. The first kappa shape index (κ1) is 22.6. The van der Waals surface area contributed by atoms with Gasteiger partial charge < -0.3 is 5.32 Å². The van der Waals surface area contributed by atoms with Gasteiger partial charge in [0.1, 0.15) is 0 Å². The Kier molecular flexibility index (Phi) is 7.47. The van der Waals surface area contributed by atoms with Crippen LogP contribution >= 0.6 is 11.6 Å². The van der Waals surface area contributed by atoms with Crippen LogP contribution in [0.5, 0.6) is 0 Å². The Morgan fingerprint density at radius 2 is 1.90 bits per heavy atom. The third kappa shape index (κ3) is 5.95. The van der Waals surface area contributed by atoms with Crippen LogP contribution in [0.3, 0.4) is 0 Å². The van der Waals surface area contributed by atoms with Gasteiger partial charge in [-0.05, 0) is 56.5 Å². The highest BCUT2D eigenvalue weighted by Crippen LogP contribution is 2.20. The zero-order chi connectivity index (χ0) is 22.4. The molecule has 2 aromatic carbocycles. The van der Waals surface area contributed by atoms with Gasteiger partial charge in [-0.1, -0.05) is 42.8 Å². The summed E-state index contributed by atoms with van der Waals surface area (Å²) in [7, 11) is 0. The molecule has 0 aliphatic heterocycles. The molecule has 1 amide bonds. The third-order valence-corrected chi connectivity index (χ3v) is 5.22. The lowest BCUT2D eigenvalue weighted by atomic mass is 10.1. The van der Waals surface area contributed by atoms with Crippen molar-refractivity contribution in [2.75, 3.05) is 5.32 Å². The Hall–Kier alpha value is -3.12. The number of carbonyl (C=O) groups excluding carboxylic acids is 1. The van der Waals surface area contributed by atoms with E-state index in [-0.39, 0.29) is 5.91 Å². The number of nitrogens with zero attached hydrogens (tertiary/aromatic N) is 3. The second kappa shape index (κ2) is 10.3. The van der Waals surface area contributed by atoms with Crippen molar-refractivity contribution >= 4 is 29.2 Å². The minimum Gasteiger partial charge on any atom is -0.326 e. The number of rotatable bonds is 6. The lowest BCUT2D eigenvalue weighted by Crippen LogP contribution is -2.36. The van der Waals surface area contributed by atoms with E-state index in [1.54, 1.807) is 6.07 Å². The van der Waals surface area contributed by atoms with Gasteiger partial charge >= 0.3 is 0 Å². The summed E-state index contributed by atoms with van der Waals surface area (Å²) >= 11 is 6.17. The van der Waals surface area contributed by atoms with Crippen molar-refractivity contribution in [1.29, 1.82) is 0 Å². The summed E-state index contributed by atoms with van der Waals surface area (Å²) in [4.78, 5) is 17.6. The minimum absolute atomic E-state index is 0.220. The van der Waals surface area contributed by atoms with Crippen LogP contribution in [0.1, 0.15) is 46.1 Å². The number of amides is 1. The van der Waals surface area contributed by atoms with Crippen molar-refractivity contribution in [2.24, 2.45) is 4.99 Å². The predicted octanol–water partition coefficient (Wildman–Crippen LogP) is 5.27. The van der Waals surface area contributed by atoms with Crippen molar-refractivity contribution in [3.8, 4) is 0 Å². The quantitative estimate of drug-likeness (QED) is 0.407. The molecule has 0 spiro atoms. The fourth-order valence-corrected chi connectivity index (χ4v) is 3.36. The van der Waals surface area contributed by atoms with E-state index in [0.29, 0.717) is 23.1 Å². The van der Waals surface area contributed by atoms with Crippen LogP contribution in [-0.4, -0.2) is 21.6 Å². The summed E-state index contributed by atoms with van der Waals surface area (Å²) in [5, 5.41) is 11.3. The van der Waals surface area contributed by atoms with Crippen molar-refractivity contribution in [3.05, 3.63) is 81.6 Å². The summed E-state index contributed by atoms with van der Waals surface area (Å²) in [6, 6.07) is 13.0. The number of nitrogens with one attached hydrogen (secondary N) is 2. The van der Waals surface area contributed by atoms with Crippen LogP contribution < -0.4 is 10.6 Å². The van der Waals surface area contributed by atoms with Crippen LogP contribution in [0.4, 0.5) is 5.69 Å². The highest BCUT2D eigenvalue weighted by molar-refractivity contribution is 6.31. The van der Waals surface area contributed by atoms with Gasteiger partial charge in [0.15, 0.2) is 0 Å². The van der Waals surface area contributed by atoms with Crippen LogP contribution in [-0.2, 0) is 13.1 Å². The Labute approximate surface area is 188 Å². The first-order valence-corrected chi connectivity index (χ1v) is 10.7. The van der Waals surface area contributed by atoms with Crippen molar-refractivity contribution in [2.45, 2.75) is 47.2 Å². The SMILES string of the molecule is CCCn1cc(CN=C(NC(=O)c2ccccc2C)Nc2cc(Cl)ccc2C)c(C)n1. The normalized spacial score (nSPS) is 11.5. The molecule has 0 radical (unpaired) electrons. The van der Waals surface area contributed by atoms with Gasteiger partial charge in [-0.3, -0.25) is 14.8 Å². The molecule has 0 aliphatic rings. The molecule has 6 nitrogen and oxygen atoms in total. The monoisotopic (exact) mass is 437 g/mol. The van der Waals surface area contributed by atoms with E-state index in [2.05, 4.69) is 27.6 Å². The third-order valence-electron chi connectivity index (χ3n) is 4.98. The molecule has 2 N–H and O–H groups in total. The van der Waals surface area contributed by atoms with Gasteiger partial charge in [0, 0.05) is 34.6 Å². The van der Waals surface area contributed by atoms with Gasteiger partial charge in [-0.2, -0.15) is 5.10 Å². The minimum atomic E-state index is -0.220. The number of aromatic nitrogens is 2. The largest absolute Gasteiger partial charge is 0.326 e. The molecule has 1 aromatic heterocycles. The molecular weight excluding hydrogens is 410 g/mol. The molecule has 162 valence electrons. The maximum atomic E-state index is 12.9. The second-order valence-electron chi connectivity index (χ2n) is 7.52. The molecule has 31 heavy (non-hydrogen) atoms. The van der Waals surface area contributed by atoms with E-state index in [4.69, 9.17) is 11.6 Å². The number of benzene rings is 2. The summed E-state index contributed by atoms with van der Waals surface area (Å²) < 4.78 is 1.93. The van der Waals surface area contributed by atoms with Crippen molar-refractivity contribution < 1.29 is 4.79 Å². The summed E-state index contributed by atoms with van der Waals surface area (Å²) in [6.45, 7) is 9.22. The maximum absolute atomic E-state index is 12.9. The number of anilines is 1. The molecule has 0 saturated heterocycles. The first-order valence-electron chi connectivity index (χ1n) is 10.3. The molecule has 7 heteroatoms. The standard InChI is InChI=1S/C24H28ClN5O/c1-5-12-30-15-19(18(4)29-30)14-26-24(27-22-13-20(25)11-10-17(22)3)28-23(31)21-9-7-6-8-16(21)2/h6-11,13,15H,5,12,14H2,1-4H3,(H2,26,27,28,31). The first-order chi connectivity index (χ1) is 14.9. The second-order valence-corrected chi connectivity index (χ2v) is 7.96. The Balaban J connectivity index is 1.88. The number of hydrogen-bond donors (Lipinski definition) is 2. The topological polar surface area (TPSA) is 71.3 Å². The lowest BCUT2D eigenvalue weighted by molar-refractivity contribution is 0.0976. The van der Waals surface area contributed by atoms with Crippen LogP contribution in [0.25, 0.3) is 0 Å². The number of halogens is 1. The van der Waals surface area contributed by atoms with Gasteiger partial charge in [0.05, 0.1) is 12.2 Å². The van der Waals surface area contributed by atoms with E-state index < -0.39 is 0 Å². The van der Waals surface area contributed by atoms with Gasteiger partial charge in [0.2, 0.25) is 5.96 Å². The fraction of sp³-hybridized carbons (Fsp3) is 0.292. The van der Waals surface area contributed by atoms with E-state index >= 15 is 0 Å². The number of carbonyl (C=O) groups is 1. The summed E-state index contributed by atoms with van der Waals surface area (Å²) in [5.74, 6) is 0.142. The number of aliphatic imine (C=N–C) groups is 1. The van der Waals surface area contributed by atoms with E-state index in [1.807, 2.05) is 68.0 Å².